The standard InChI is InChI=1S/C15H20N4O/c1-19-14(6-8-18-19)7-9-20-15-5-4-13(17-11-15)10-16-12-2-3-12/h4-6,8,11-12,16H,2-3,7,9-10H2,1H3. The summed E-state index contributed by atoms with van der Waals surface area (Å²) in [4.78, 5) is 4.41. The fourth-order valence-corrected chi connectivity index (χ4v) is 2.06. The average Bonchev–Trinajstić information content (AvgIpc) is 3.21. The summed E-state index contributed by atoms with van der Waals surface area (Å²) < 4.78 is 7.57. The minimum Gasteiger partial charge on any atom is -0.492 e. The second-order valence-corrected chi connectivity index (χ2v) is 5.19. The Morgan fingerprint density at radius 3 is 2.90 bits per heavy atom. The molecule has 0 spiro atoms. The van der Waals surface area contributed by atoms with Gasteiger partial charge in [0.25, 0.3) is 0 Å². The summed E-state index contributed by atoms with van der Waals surface area (Å²) in [6, 6.07) is 6.73. The number of pyridine rings is 1. The first-order valence-electron chi connectivity index (χ1n) is 7.09. The van der Waals surface area contributed by atoms with Gasteiger partial charge < -0.3 is 10.1 Å². The van der Waals surface area contributed by atoms with Crippen LogP contribution in [0.4, 0.5) is 0 Å². The fourth-order valence-electron chi connectivity index (χ4n) is 2.06. The highest BCUT2D eigenvalue weighted by atomic mass is 16.5. The lowest BCUT2D eigenvalue weighted by Crippen LogP contribution is -2.16. The summed E-state index contributed by atoms with van der Waals surface area (Å²) in [5.74, 6) is 0.822. The maximum Gasteiger partial charge on any atom is 0.137 e. The molecular weight excluding hydrogens is 252 g/mol. The minimum atomic E-state index is 0.640. The number of aromatic nitrogens is 3. The molecule has 20 heavy (non-hydrogen) atoms. The van der Waals surface area contributed by atoms with E-state index in [1.54, 1.807) is 12.4 Å². The number of ether oxygens (including phenoxy) is 1. The van der Waals surface area contributed by atoms with Crippen LogP contribution < -0.4 is 10.1 Å². The monoisotopic (exact) mass is 272 g/mol. The van der Waals surface area contributed by atoms with Gasteiger partial charge in [0.15, 0.2) is 0 Å². The highest BCUT2D eigenvalue weighted by Gasteiger charge is 2.19. The zero-order chi connectivity index (χ0) is 13.8. The molecule has 5 nitrogen and oxygen atoms in total. The van der Waals surface area contributed by atoms with Gasteiger partial charge in [-0.1, -0.05) is 0 Å². The van der Waals surface area contributed by atoms with Crippen molar-refractivity contribution in [2.45, 2.75) is 31.8 Å². The molecule has 1 fully saturated rings. The molecule has 0 saturated heterocycles. The molecule has 0 bridgehead atoms. The molecule has 1 aliphatic rings. The number of rotatable bonds is 7. The predicted molar refractivity (Wildman–Crippen MR) is 76.5 cm³/mol. The van der Waals surface area contributed by atoms with Gasteiger partial charge in [-0.25, -0.2) is 0 Å². The van der Waals surface area contributed by atoms with Crippen molar-refractivity contribution in [2.24, 2.45) is 7.05 Å². The average molecular weight is 272 g/mol. The quantitative estimate of drug-likeness (QED) is 0.833. The van der Waals surface area contributed by atoms with Gasteiger partial charge in [-0.15, -0.1) is 0 Å². The molecule has 0 atom stereocenters. The molecule has 0 aromatic carbocycles. The fraction of sp³-hybridized carbons (Fsp3) is 0.467. The molecule has 0 unspecified atom stereocenters. The highest BCUT2D eigenvalue weighted by Crippen LogP contribution is 2.19. The first-order chi connectivity index (χ1) is 9.81. The molecular formula is C15H20N4O. The van der Waals surface area contributed by atoms with Gasteiger partial charge >= 0.3 is 0 Å². The molecule has 2 aromatic heterocycles. The van der Waals surface area contributed by atoms with E-state index in [0.717, 1.165) is 24.4 Å². The molecule has 2 aromatic rings. The van der Waals surface area contributed by atoms with E-state index >= 15 is 0 Å². The number of nitrogens with one attached hydrogen (secondary N) is 1. The van der Waals surface area contributed by atoms with Gasteiger partial charge in [-0.3, -0.25) is 9.67 Å². The maximum absolute atomic E-state index is 5.70. The molecule has 106 valence electrons. The van der Waals surface area contributed by atoms with E-state index in [9.17, 15) is 0 Å². The third-order valence-electron chi connectivity index (χ3n) is 3.50. The summed E-state index contributed by atoms with van der Waals surface area (Å²) in [5.41, 5.74) is 2.24. The van der Waals surface area contributed by atoms with Crippen LogP contribution in [0, 0.1) is 0 Å². The Kier molecular flexibility index (Phi) is 3.97. The Morgan fingerprint density at radius 2 is 2.25 bits per heavy atom. The van der Waals surface area contributed by atoms with Crippen LogP contribution in [0.3, 0.4) is 0 Å². The van der Waals surface area contributed by atoms with Crippen molar-refractivity contribution >= 4 is 0 Å². The first kappa shape index (κ1) is 13.1. The largest absolute Gasteiger partial charge is 0.492 e. The van der Waals surface area contributed by atoms with Gasteiger partial charge in [0.2, 0.25) is 0 Å². The summed E-state index contributed by atoms with van der Waals surface area (Å²) in [5, 5.41) is 7.58. The van der Waals surface area contributed by atoms with Gasteiger partial charge in [-0.2, -0.15) is 5.10 Å². The molecule has 0 aliphatic heterocycles. The lowest BCUT2D eigenvalue weighted by atomic mass is 10.3. The zero-order valence-electron chi connectivity index (χ0n) is 11.7. The van der Waals surface area contributed by atoms with Crippen LogP contribution in [0.2, 0.25) is 0 Å². The van der Waals surface area contributed by atoms with E-state index in [0.29, 0.717) is 12.6 Å². The van der Waals surface area contributed by atoms with Crippen molar-refractivity contribution in [3.8, 4) is 5.75 Å². The molecule has 0 amide bonds. The van der Waals surface area contributed by atoms with Crippen molar-refractivity contribution in [1.82, 2.24) is 20.1 Å². The number of hydrogen-bond donors (Lipinski definition) is 1. The minimum absolute atomic E-state index is 0.640. The second-order valence-electron chi connectivity index (χ2n) is 5.19. The van der Waals surface area contributed by atoms with Crippen LogP contribution in [-0.4, -0.2) is 27.4 Å². The Labute approximate surface area is 119 Å². The van der Waals surface area contributed by atoms with E-state index in [-0.39, 0.29) is 0 Å². The molecule has 0 radical (unpaired) electrons. The molecule has 1 aliphatic carbocycles. The second kappa shape index (κ2) is 6.05. The van der Waals surface area contributed by atoms with Crippen LogP contribution in [-0.2, 0) is 20.0 Å². The van der Waals surface area contributed by atoms with Crippen molar-refractivity contribution in [3.05, 3.63) is 42.0 Å². The number of nitrogens with zero attached hydrogens (tertiary/aromatic N) is 3. The normalized spacial score (nSPS) is 14.4. The van der Waals surface area contributed by atoms with Crippen LogP contribution in [0.5, 0.6) is 5.75 Å². The van der Waals surface area contributed by atoms with E-state index < -0.39 is 0 Å². The van der Waals surface area contributed by atoms with Crippen molar-refractivity contribution < 1.29 is 4.74 Å². The summed E-state index contributed by atoms with van der Waals surface area (Å²) in [7, 11) is 1.94. The lowest BCUT2D eigenvalue weighted by molar-refractivity contribution is 0.317. The van der Waals surface area contributed by atoms with E-state index in [1.807, 2.05) is 29.9 Å². The smallest absolute Gasteiger partial charge is 0.137 e. The third-order valence-corrected chi connectivity index (χ3v) is 3.50. The van der Waals surface area contributed by atoms with Gasteiger partial charge in [0.05, 0.1) is 18.5 Å². The Balaban J connectivity index is 1.44. The van der Waals surface area contributed by atoms with Gasteiger partial charge in [0.1, 0.15) is 5.75 Å². The summed E-state index contributed by atoms with van der Waals surface area (Å²) >= 11 is 0. The van der Waals surface area contributed by atoms with E-state index in [2.05, 4.69) is 15.4 Å². The van der Waals surface area contributed by atoms with Crippen LogP contribution in [0.1, 0.15) is 24.2 Å². The maximum atomic E-state index is 5.70. The lowest BCUT2D eigenvalue weighted by Gasteiger charge is -2.07. The Bertz CT molecular complexity index is 545. The highest BCUT2D eigenvalue weighted by molar-refractivity contribution is 5.20. The topological polar surface area (TPSA) is 52.0 Å². The van der Waals surface area contributed by atoms with Crippen molar-refractivity contribution in [1.29, 1.82) is 0 Å². The molecule has 1 N–H and O–H groups in total. The summed E-state index contributed by atoms with van der Waals surface area (Å²) in [6.07, 6.45) is 7.05. The third kappa shape index (κ3) is 3.57. The molecule has 3 rings (SSSR count). The first-order valence-corrected chi connectivity index (χ1v) is 7.09. The van der Waals surface area contributed by atoms with Crippen LogP contribution in [0.15, 0.2) is 30.6 Å². The Morgan fingerprint density at radius 1 is 1.35 bits per heavy atom. The Hall–Kier alpha value is -1.88. The molecule has 5 heteroatoms. The van der Waals surface area contributed by atoms with Crippen LogP contribution in [0.25, 0.3) is 0 Å². The number of aryl methyl sites for hydroxylation is 1. The van der Waals surface area contributed by atoms with Crippen LogP contribution >= 0.6 is 0 Å². The zero-order valence-corrected chi connectivity index (χ0v) is 11.7. The van der Waals surface area contributed by atoms with Crippen molar-refractivity contribution in [3.63, 3.8) is 0 Å². The van der Waals surface area contributed by atoms with Crippen molar-refractivity contribution in [2.75, 3.05) is 6.61 Å². The summed E-state index contributed by atoms with van der Waals surface area (Å²) in [6.45, 7) is 1.49. The predicted octanol–water partition coefficient (Wildman–Crippen LogP) is 1.69. The van der Waals surface area contributed by atoms with Gasteiger partial charge in [-0.05, 0) is 31.0 Å². The molecule has 2 heterocycles. The van der Waals surface area contributed by atoms with E-state index in [4.69, 9.17) is 4.74 Å². The SMILES string of the molecule is Cn1nccc1CCOc1ccc(CNC2CC2)nc1. The molecule has 1 saturated carbocycles. The van der Waals surface area contributed by atoms with Gasteiger partial charge in [0, 0.05) is 37.9 Å². The van der Waals surface area contributed by atoms with E-state index in [1.165, 1.54) is 18.5 Å². The number of hydrogen-bond acceptors (Lipinski definition) is 4.